The monoisotopic (exact) mass is 421 g/mol. The molecule has 0 aliphatic carbocycles. The molecule has 3 rings (SSSR count). The second-order valence-electron chi connectivity index (χ2n) is 7.36. The van der Waals surface area contributed by atoms with Crippen molar-refractivity contribution >= 4 is 0 Å². The van der Waals surface area contributed by atoms with E-state index >= 15 is 0 Å². The predicted molar refractivity (Wildman–Crippen MR) is 116 cm³/mol. The highest BCUT2D eigenvalue weighted by Gasteiger charge is 2.13. The van der Waals surface area contributed by atoms with Crippen molar-refractivity contribution in [2.24, 2.45) is 0 Å². The van der Waals surface area contributed by atoms with Crippen LogP contribution in [0.3, 0.4) is 0 Å². The average Bonchev–Trinajstić information content (AvgIpc) is 2.79. The summed E-state index contributed by atoms with van der Waals surface area (Å²) in [5, 5.41) is 8.77. The number of benzene rings is 2. The Hall–Kier alpha value is -3.33. The van der Waals surface area contributed by atoms with E-state index in [4.69, 9.17) is 10.00 Å². The van der Waals surface area contributed by atoms with Crippen molar-refractivity contribution in [3.8, 4) is 34.3 Å². The van der Waals surface area contributed by atoms with Gasteiger partial charge < -0.3 is 4.74 Å². The number of unbranched alkanes of at least 4 members (excludes halogenated alkanes) is 5. The highest BCUT2D eigenvalue weighted by Crippen LogP contribution is 2.25. The minimum absolute atomic E-state index is 0.180. The lowest BCUT2D eigenvalue weighted by Gasteiger charge is -2.08. The molecule has 1 aromatic heterocycles. The molecule has 0 radical (unpaired) electrons. The van der Waals surface area contributed by atoms with Crippen LogP contribution in [0.4, 0.5) is 8.78 Å². The molecule has 0 aliphatic rings. The molecule has 31 heavy (non-hydrogen) atoms. The van der Waals surface area contributed by atoms with Gasteiger partial charge in [0.05, 0.1) is 6.61 Å². The molecule has 160 valence electrons. The molecular weight excluding hydrogens is 396 g/mol. The SMILES string of the molecule is CCCCCCCCOc1ccc(-c2cnc(-c3cc(F)c(C#N)c(F)c3)nc2)cc1. The number of aromatic nitrogens is 2. The Balaban J connectivity index is 1.58. The molecule has 4 nitrogen and oxygen atoms in total. The van der Waals surface area contributed by atoms with E-state index in [0.29, 0.717) is 6.61 Å². The molecule has 0 amide bonds. The van der Waals surface area contributed by atoms with E-state index in [9.17, 15) is 8.78 Å². The second-order valence-corrected chi connectivity index (χ2v) is 7.36. The maximum atomic E-state index is 13.8. The van der Waals surface area contributed by atoms with Crippen molar-refractivity contribution in [2.75, 3.05) is 6.61 Å². The van der Waals surface area contributed by atoms with E-state index in [1.807, 2.05) is 24.3 Å². The summed E-state index contributed by atoms with van der Waals surface area (Å²) in [6.07, 6.45) is 10.5. The molecule has 0 N–H and O–H groups in total. The van der Waals surface area contributed by atoms with Gasteiger partial charge in [0.2, 0.25) is 0 Å². The van der Waals surface area contributed by atoms with E-state index < -0.39 is 17.2 Å². The molecule has 0 bridgehead atoms. The number of rotatable bonds is 10. The van der Waals surface area contributed by atoms with E-state index in [0.717, 1.165) is 35.4 Å². The smallest absolute Gasteiger partial charge is 0.159 e. The Morgan fingerprint density at radius 2 is 1.45 bits per heavy atom. The Labute approximate surface area is 181 Å². The first-order valence-corrected chi connectivity index (χ1v) is 10.6. The summed E-state index contributed by atoms with van der Waals surface area (Å²) in [7, 11) is 0. The lowest BCUT2D eigenvalue weighted by atomic mass is 10.1. The van der Waals surface area contributed by atoms with Crippen molar-refractivity contribution in [3.63, 3.8) is 0 Å². The summed E-state index contributed by atoms with van der Waals surface area (Å²) in [5.41, 5.74) is 1.26. The summed E-state index contributed by atoms with van der Waals surface area (Å²) >= 11 is 0. The Morgan fingerprint density at radius 3 is 2.06 bits per heavy atom. The molecule has 0 atom stereocenters. The average molecular weight is 421 g/mol. The molecule has 6 heteroatoms. The lowest BCUT2D eigenvalue weighted by molar-refractivity contribution is 0.304. The summed E-state index contributed by atoms with van der Waals surface area (Å²) in [4.78, 5) is 8.44. The van der Waals surface area contributed by atoms with Crippen molar-refractivity contribution < 1.29 is 13.5 Å². The molecule has 0 aliphatic heterocycles. The summed E-state index contributed by atoms with van der Waals surface area (Å²) < 4.78 is 33.5. The normalized spacial score (nSPS) is 10.6. The lowest BCUT2D eigenvalue weighted by Crippen LogP contribution is -1.97. The van der Waals surface area contributed by atoms with Gasteiger partial charge in [-0.1, -0.05) is 51.2 Å². The quantitative estimate of drug-likeness (QED) is 0.342. The fourth-order valence-corrected chi connectivity index (χ4v) is 3.25. The third kappa shape index (κ3) is 6.08. The van der Waals surface area contributed by atoms with Gasteiger partial charge in [0.25, 0.3) is 0 Å². The van der Waals surface area contributed by atoms with Crippen LogP contribution < -0.4 is 4.74 Å². The first-order chi connectivity index (χ1) is 15.1. The maximum absolute atomic E-state index is 13.8. The van der Waals surface area contributed by atoms with E-state index in [-0.39, 0.29) is 11.4 Å². The van der Waals surface area contributed by atoms with Crippen LogP contribution >= 0.6 is 0 Å². The number of nitrogens with zero attached hydrogens (tertiary/aromatic N) is 3. The van der Waals surface area contributed by atoms with Gasteiger partial charge in [0.15, 0.2) is 5.82 Å². The molecular formula is C25H25F2N3O. The molecule has 1 heterocycles. The first kappa shape index (κ1) is 22.4. The van der Waals surface area contributed by atoms with Crippen molar-refractivity contribution in [3.05, 3.63) is 66.0 Å². The van der Waals surface area contributed by atoms with Crippen molar-refractivity contribution in [2.45, 2.75) is 45.4 Å². The molecule has 0 fully saturated rings. The van der Waals surface area contributed by atoms with Gasteiger partial charge in [-0.25, -0.2) is 18.7 Å². The molecule has 0 spiro atoms. The Bertz CT molecular complexity index is 1010. The number of hydrogen-bond donors (Lipinski definition) is 0. The fraction of sp³-hybridized carbons (Fsp3) is 0.320. The zero-order valence-electron chi connectivity index (χ0n) is 17.6. The Morgan fingerprint density at radius 1 is 0.839 bits per heavy atom. The van der Waals surface area contributed by atoms with Crippen LogP contribution in [0.15, 0.2) is 48.8 Å². The topological polar surface area (TPSA) is 58.8 Å². The number of hydrogen-bond acceptors (Lipinski definition) is 4. The molecule has 3 aromatic rings. The number of halogens is 2. The largest absolute Gasteiger partial charge is 0.494 e. The van der Waals surface area contributed by atoms with Gasteiger partial charge in [-0.2, -0.15) is 5.26 Å². The van der Waals surface area contributed by atoms with Crippen LogP contribution in [0.2, 0.25) is 0 Å². The number of ether oxygens (including phenoxy) is 1. The van der Waals surface area contributed by atoms with Crippen molar-refractivity contribution in [1.82, 2.24) is 9.97 Å². The maximum Gasteiger partial charge on any atom is 0.159 e. The molecule has 0 saturated heterocycles. The molecule has 0 saturated carbocycles. The number of nitriles is 1. The van der Waals surface area contributed by atoms with Crippen LogP contribution in [0.1, 0.15) is 51.0 Å². The second kappa shape index (κ2) is 11.2. The van der Waals surface area contributed by atoms with E-state index in [1.165, 1.54) is 38.2 Å². The Kier molecular flexibility index (Phi) is 8.05. The van der Waals surface area contributed by atoms with Gasteiger partial charge in [0, 0.05) is 23.5 Å². The summed E-state index contributed by atoms with van der Waals surface area (Å²) in [6.45, 7) is 2.92. The summed E-state index contributed by atoms with van der Waals surface area (Å²) in [6, 6.07) is 11.3. The zero-order chi connectivity index (χ0) is 22.1. The fourth-order valence-electron chi connectivity index (χ4n) is 3.25. The minimum atomic E-state index is -0.929. The van der Waals surface area contributed by atoms with Crippen LogP contribution in [0.5, 0.6) is 5.75 Å². The van der Waals surface area contributed by atoms with Gasteiger partial charge in [0.1, 0.15) is 29.0 Å². The van der Waals surface area contributed by atoms with E-state index in [2.05, 4.69) is 16.9 Å². The third-order valence-corrected chi connectivity index (χ3v) is 5.02. The van der Waals surface area contributed by atoms with Crippen LogP contribution in [-0.2, 0) is 0 Å². The van der Waals surface area contributed by atoms with Gasteiger partial charge in [-0.05, 0) is 36.2 Å². The van der Waals surface area contributed by atoms with Crippen LogP contribution in [0, 0.1) is 23.0 Å². The van der Waals surface area contributed by atoms with Crippen LogP contribution in [-0.4, -0.2) is 16.6 Å². The highest BCUT2D eigenvalue weighted by molar-refractivity contribution is 5.64. The highest BCUT2D eigenvalue weighted by atomic mass is 19.1. The van der Waals surface area contributed by atoms with Crippen LogP contribution in [0.25, 0.3) is 22.5 Å². The molecule has 2 aromatic carbocycles. The van der Waals surface area contributed by atoms with E-state index in [1.54, 1.807) is 12.4 Å². The zero-order valence-corrected chi connectivity index (χ0v) is 17.6. The van der Waals surface area contributed by atoms with Crippen molar-refractivity contribution in [1.29, 1.82) is 5.26 Å². The van der Waals surface area contributed by atoms with Gasteiger partial charge in [-0.3, -0.25) is 0 Å². The predicted octanol–water partition coefficient (Wildman–Crippen LogP) is 6.70. The minimum Gasteiger partial charge on any atom is -0.494 e. The van der Waals surface area contributed by atoms with Gasteiger partial charge in [-0.15, -0.1) is 0 Å². The third-order valence-electron chi connectivity index (χ3n) is 5.02. The molecule has 0 unspecified atom stereocenters. The van der Waals surface area contributed by atoms with Gasteiger partial charge >= 0.3 is 0 Å². The first-order valence-electron chi connectivity index (χ1n) is 10.6. The standard InChI is InChI=1S/C25H25F2N3O/c1-2-3-4-5-6-7-12-31-21-10-8-18(9-11-21)20-16-29-25(30-17-20)19-13-23(26)22(15-28)24(27)14-19/h8-11,13-14,16-17H,2-7,12H2,1H3. The summed E-state index contributed by atoms with van der Waals surface area (Å²) in [5.74, 6) is -0.855.